The first-order valence-electron chi connectivity index (χ1n) is 10.1. The number of sulfonamides is 1. The van der Waals surface area contributed by atoms with Crippen LogP contribution in [0.25, 0.3) is 0 Å². The summed E-state index contributed by atoms with van der Waals surface area (Å²) in [6, 6.07) is 4.67. The number of hydrogen-bond donors (Lipinski definition) is 1. The van der Waals surface area contributed by atoms with Gasteiger partial charge in [0, 0.05) is 19.6 Å². The summed E-state index contributed by atoms with van der Waals surface area (Å²) in [7, 11) is -2.05. The number of methoxy groups -OCH3 is 1. The van der Waals surface area contributed by atoms with Gasteiger partial charge in [0.2, 0.25) is 15.9 Å². The van der Waals surface area contributed by atoms with E-state index in [4.69, 9.17) is 4.74 Å². The largest absolute Gasteiger partial charge is 0.495 e. The monoisotopic (exact) mass is 409 g/mol. The number of rotatable bonds is 6. The summed E-state index contributed by atoms with van der Waals surface area (Å²) in [6.45, 7) is 5.41. The standard InChI is InChI=1S/C20H31N3O4S/c1-16-7-6-10-22(14-16)15-20(24)21-18-13-17(8-9-19(18)27-2)28(25,26)23-11-4-3-5-12-23/h8-9,13,16H,3-7,10-12,14-15H2,1-2H3,(H,21,24)/t16-/m0/s1. The molecule has 1 atom stereocenters. The normalized spacial score (nSPS) is 22.0. The molecule has 0 saturated carbocycles. The van der Waals surface area contributed by atoms with Gasteiger partial charge in [0.05, 0.1) is 24.2 Å². The van der Waals surface area contributed by atoms with Crippen LogP contribution in [0.2, 0.25) is 0 Å². The number of carbonyl (C=O) groups is 1. The molecular formula is C20H31N3O4S. The Kier molecular flexibility index (Phi) is 6.95. The van der Waals surface area contributed by atoms with E-state index in [1.807, 2.05) is 0 Å². The average Bonchev–Trinajstić information content (AvgIpc) is 2.68. The van der Waals surface area contributed by atoms with Crippen molar-refractivity contribution >= 4 is 21.6 Å². The van der Waals surface area contributed by atoms with Gasteiger partial charge < -0.3 is 10.1 Å². The van der Waals surface area contributed by atoms with Gasteiger partial charge in [-0.3, -0.25) is 9.69 Å². The lowest BCUT2D eigenvalue weighted by molar-refractivity contribution is -0.117. The average molecular weight is 410 g/mol. The van der Waals surface area contributed by atoms with E-state index in [0.29, 0.717) is 37.0 Å². The van der Waals surface area contributed by atoms with Crippen molar-refractivity contribution in [2.24, 2.45) is 5.92 Å². The van der Waals surface area contributed by atoms with E-state index in [1.54, 1.807) is 12.1 Å². The second-order valence-corrected chi connectivity index (χ2v) is 9.80. The Labute approximate surface area is 168 Å². The highest BCUT2D eigenvalue weighted by atomic mass is 32.2. The summed E-state index contributed by atoms with van der Waals surface area (Å²) in [5, 5.41) is 2.85. The van der Waals surface area contributed by atoms with Crippen molar-refractivity contribution in [3.8, 4) is 5.75 Å². The Morgan fingerprint density at radius 1 is 1.18 bits per heavy atom. The van der Waals surface area contributed by atoms with Gasteiger partial charge in [-0.05, 0) is 56.3 Å². The quantitative estimate of drug-likeness (QED) is 0.781. The van der Waals surface area contributed by atoms with Crippen LogP contribution in [-0.2, 0) is 14.8 Å². The summed E-state index contributed by atoms with van der Waals surface area (Å²) in [5.41, 5.74) is 0.399. The van der Waals surface area contributed by atoms with Gasteiger partial charge in [-0.2, -0.15) is 4.31 Å². The van der Waals surface area contributed by atoms with Crippen molar-refractivity contribution < 1.29 is 17.9 Å². The highest BCUT2D eigenvalue weighted by molar-refractivity contribution is 7.89. The minimum absolute atomic E-state index is 0.153. The Hall–Kier alpha value is -1.64. The molecule has 1 aromatic carbocycles. The van der Waals surface area contributed by atoms with Crippen molar-refractivity contribution in [2.45, 2.75) is 43.9 Å². The van der Waals surface area contributed by atoms with Gasteiger partial charge in [0.15, 0.2) is 0 Å². The van der Waals surface area contributed by atoms with Crippen LogP contribution in [0.15, 0.2) is 23.1 Å². The Morgan fingerprint density at radius 2 is 1.93 bits per heavy atom. The molecule has 1 N–H and O–H groups in total. The number of hydrogen-bond acceptors (Lipinski definition) is 5. The fourth-order valence-corrected chi connectivity index (χ4v) is 5.57. The lowest BCUT2D eigenvalue weighted by atomic mass is 10.0. The highest BCUT2D eigenvalue weighted by Gasteiger charge is 2.27. The first-order chi connectivity index (χ1) is 13.4. The molecule has 0 radical (unpaired) electrons. The lowest BCUT2D eigenvalue weighted by Crippen LogP contribution is -2.39. The molecule has 0 spiro atoms. The Morgan fingerprint density at radius 3 is 2.61 bits per heavy atom. The minimum Gasteiger partial charge on any atom is -0.495 e. The highest BCUT2D eigenvalue weighted by Crippen LogP contribution is 2.30. The molecule has 8 heteroatoms. The third-order valence-electron chi connectivity index (χ3n) is 5.51. The zero-order valence-electron chi connectivity index (χ0n) is 16.8. The predicted molar refractivity (Wildman–Crippen MR) is 109 cm³/mol. The number of nitrogens with one attached hydrogen (secondary N) is 1. The maximum absolute atomic E-state index is 12.9. The molecule has 0 aromatic heterocycles. The molecule has 2 saturated heterocycles. The van der Waals surface area contributed by atoms with Gasteiger partial charge in [0.25, 0.3) is 0 Å². The van der Waals surface area contributed by atoms with Crippen LogP contribution in [0.3, 0.4) is 0 Å². The predicted octanol–water partition coefficient (Wildman–Crippen LogP) is 2.54. The molecule has 156 valence electrons. The van der Waals surface area contributed by atoms with E-state index >= 15 is 0 Å². The number of anilines is 1. The first kappa shape index (κ1) is 21.1. The van der Waals surface area contributed by atoms with Crippen molar-refractivity contribution in [2.75, 3.05) is 45.2 Å². The van der Waals surface area contributed by atoms with Crippen molar-refractivity contribution in [3.05, 3.63) is 18.2 Å². The van der Waals surface area contributed by atoms with Crippen molar-refractivity contribution in [1.82, 2.24) is 9.21 Å². The topological polar surface area (TPSA) is 79.0 Å². The fraction of sp³-hybridized carbons (Fsp3) is 0.650. The molecule has 0 bridgehead atoms. The van der Waals surface area contributed by atoms with Crippen LogP contribution >= 0.6 is 0 Å². The molecule has 2 aliphatic heterocycles. The van der Waals surface area contributed by atoms with Crippen LogP contribution in [-0.4, -0.2) is 63.4 Å². The molecule has 28 heavy (non-hydrogen) atoms. The Bertz CT molecular complexity index is 791. The molecular weight excluding hydrogens is 378 g/mol. The molecule has 0 unspecified atom stereocenters. The molecule has 2 heterocycles. The summed E-state index contributed by atoms with van der Waals surface area (Å²) in [6.07, 6.45) is 5.12. The summed E-state index contributed by atoms with van der Waals surface area (Å²) < 4.78 is 32.7. The summed E-state index contributed by atoms with van der Waals surface area (Å²) >= 11 is 0. The molecule has 2 fully saturated rings. The van der Waals surface area contributed by atoms with Gasteiger partial charge in [0.1, 0.15) is 5.75 Å². The maximum atomic E-state index is 12.9. The number of carbonyl (C=O) groups excluding carboxylic acids is 1. The SMILES string of the molecule is COc1ccc(S(=O)(=O)N2CCCCC2)cc1NC(=O)CN1CCC[C@H](C)C1. The molecule has 3 rings (SSSR count). The molecule has 7 nitrogen and oxygen atoms in total. The number of piperidine rings is 2. The summed E-state index contributed by atoms with van der Waals surface area (Å²) in [5.74, 6) is 0.895. The van der Waals surface area contributed by atoms with Crippen LogP contribution in [0.1, 0.15) is 39.0 Å². The summed E-state index contributed by atoms with van der Waals surface area (Å²) in [4.78, 5) is 14.9. The number of amides is 1. The number of ether oxygens (including phenoxy) is 1. The van der Waals surface area contributed by atoms with E-state index < -0.39 is 10.0 Å². The molecule has 1 amide bonds. The number of nitrogens with zero attached hydrogens (tertiary/aromatic N) is 2. The zero-order chi connectivity index (χ0) is 20.1. The van der Waals surface area contributed by atoms with E-state index in [2.05, 4.69) is 17.1 Å². The van der Waals surface area contributed by atoms with Crippen LogP contribution in [0.4, 0.5) is 5.69 Å². The number of likely N-dealkylation sites (tertiary alicyclic amines) is 1. The van der Waals surface area contributed by atoms with E-state index in [1.165, 1.54) is 23.9 Å². The van der Waals surface area contributed by atoms with Gasteiger partial charge in [-0.1, -0.05) is 13.3 Å². The van der Waals surface area contributed by atoms with Crippen LogP contribution in [0, 0.1) is 5.92 Å². The van der Waals surface area contributed by atoms with Gasteiger partial charge in [-0.15, -0.1) is 0 Å². The maximum Gasteiger partial charge on any atom is 0.243 e. The van der Waals surface area contributed by atoms with E-state index in [9.17, 15) is 13.2 Å². The Balaban J connectivity index is 1.74. The minimum atomic E-state index is -3.56. The molecule has 2 aliphatic rings. The third kappa shape index (κ3) is 5.04. The van der Waals surface area contributed by atoms with E-state index in [0.717, 1.165) is 38.8 Å². The fourth-order valence-electron chi connectivity index (χ4n) is 4.02. The lowest BCUT2D eigenvalue weighted by Gasteiger charge is -2.30. The van der Waals surface area contributed by atoms with Crippen LogP contribution in [0.5, 0.6) is 5.75 Å². The number of benzene rings is 1. The first-order valence-corrected chi connectivity index (χ1v) is 11.5. The van der Waals surface area contributed by atoms with Crippen molar-refractivity contribution in [3.63, 3.8) is 0 Å². The van der Waals surface area contributed by atoms with Crippen LogP contribution < -0.4 is 10.1 Å². The van der Waals surface area contributed by atoms with Gasteiger partial charge >= 0.3 is 0 Å². The molecule has 1 aromatic rings. The zero-order valence-corrected chi connectivity index (χ0v) is 17.6. The van der Waals surface area contributed by atoms with E-state index in [-0.39, 0.29) is 10.8 Å². The third-order valence-corrected chi connectivity index (χ3v) is 7.40. The van der Waals surface area contributed by atoms with Crippen molar-refractivity contribution in [1.29, 1.82) is 0 Å². The molecule has 0 aliphatic carbocycles. The van der Waals surface area contributed by atoms with Gasteiger partial charge in [-0.25, -0.2) is 8.42 Å². The second kappa shape index (κ2) is 9.24. The second-order valence-electron chi connectivity index (χ2n) is 7.86. The smallest absolute Gasteiger partial charge is 0.243 e.